The molecule has 6 heteroatoms. The molecule has 0 aliphatic carbocycles. The third kappa shape index (κ3) is 3.00. The third-order valence-electron chi connectivity index (χ3n) is 5.94. The van der Waals surface area contributed by atoms with Crippen LogP contribution < -0.4 is 5.73 Å². The molecule has 0 saturated carbocycles. The lowest BCUT2D eigenvalue weighted by Gasteiger charge is -2.38. The van der Waals surface area contributed by atoms with Gasteiger partial charge in [0.15, 0.2) is 0 Å². The Morgan fingerprint density at radius 2 is 2.11 bits per heavy atom. The fourth-order valence-electron chi connectivity index (χ4n) is 4.54. The van der Waals surface area contributed by atoms with Gasteiger partial charge >= 0.3 is 0 Å². The fraction of sp³-hybridized carbons (Fsp3) is 0.364. The number of nitrogen functional groups attached to an aromatic ring is 1. The maximum atomic E-state index is 5.94. The number of piperidine rings is 1. The number of rotatable bonds is 3. The largest absolute Gasteiger partial charge is 0.399 e. The van der Waals surface area contributed by atoms with E-state index in [-0.39, 0.29) is 0 Å². The van der Waals surface area contributed by atoms with E-state index in [4.69, 9.17) is 10.7 Å². The number of thiazole rings is 1. The Balaban J connectivity index is 1.61. The minimum atomic E-state index is 0.603. The number of fused-ring (bicyclic) bond motifs is 2. The van der Waals surface area contributed by atoms with Crippen LogP contribution in [0.1, 0.15) is 37.0 Å². The number of hydrogen-bond acceptors (Lipinski definition) is 6. The van der Waals surface area contributed by atoms with Crippen molar-refractivity contribution in [1.29, 1.82) is 0 Å². The Bertz CT molecular complexity index is 1150. The molecule has 0 amide bonds. The Labute approximate surface area is 173 Å². The van der Waals surface area contributed by atoms with Gasteiger partial charge in [0.25, 0.3) is 0 Å². The zero-order valence-corrected chi connectivity index (χ0v) is 17.8. The Kier molecular flexibility index (Phi) is 4.57. The van der Waals surface area contributed by atoms with Crippen LogP contribution >= 0.6 is 22.7 Å². The number of anilines is 1. The molecule has 2 atom stereocenters. The van der Waals surface area contributed by atoms with Crippen LogP contribution in [0, 0.1) is 0 Å². The van der Waals surface area contributed by atoms with Crippen LogP contribution in [0.4, 0.5) is 5.69 Å². The molecule has 144 valence electrons. The van der Waals surface area contributed by atoms with E-state index in [9.17, 15) is 0 Å². The molecule has 0 radical (unpaired) electrons. The van der Waals surface area contributed by atoms with Gasteiger partial charge in [0.2, 0.25) is 0 Å². The smallest absolute Gasteiger partial charge is 0.125 e. The second kappa shape index (κ2) is 7.10. The summed E-state index contributed by atoms with van der Waals surface area (Å²) in [7, 11) is 2.27. The van der Waals surface area contributed by atoms with Crippen molar-refractivity contribution >= 4 is 48.8 Å². The van der Waals surface area contributed by atoms with Crippen LogP contribution in [0.25, 0.3) is 31.0 Å². The van der Waals surface area contributed by atoms with E-state index in [1.54, 1.807) is 11.3 Å². The molecule has 0 spiro atoms. The zero-order chi connectivity index (χ0) is 19.3. The van der Waals surface area contributed by atoms with Crippen molar-refractivity contribution in [1.82, 2.24) is 14.9 Å². The summed E-state index contributed by atoms with van der Waals surface area (Å²) in [5.74, 6) is 0.603. The first kappa shape index (κ1) is 18.0. The molecular weight excluding hydrogens is 384 g/mol. The van der Waals surface area contributed by atoms with E-state index in [1.165, 1.54) is 46.3 Å². The molecule has 1 aliphatic heterocycles. The molecule has 1 fully saturated rings. The predicted molar refractivity (Wildman–Crippen MR) is 121 cm³/mol. The number of benzene rings is 1. The molecule has 2 N–H and O–H groups in total. The zero-order valence-electron chi connectivity index (χ0n) is 16.2. The standard InChI is InChI=1S/C22H24N4S2/c1-3-18-15(5-4-10-26(18)2)20-12-16-14(8-9-24-21(16)28-20)22-25-17-11-13(23)6-7-19(17)27-22/h6-9,11-12,15,18H,3-5,10,23H2,1-2H3. The van der Waals surface area contributed by atoms with E-state index in [2.05, 4.69) is 42.1 Å². The van der Waals surface area contributed by atoms with E-state index in [0.29, 0.717) is 12.0 Å². The first-order valence-corrected chi connectivity index (χ1v) is 11.5. The number of aromatic nitrogens is 2. The van der Waals surface area contributed by atoms with Crippen LogP contribution in [0.3, 0.4) is 0 Å². The van der Waals surface area contributed by atoms with E-state index in [0.717, 1.165) is 21.0 Å². The van der Waals surface area contributed by atoms with Gasteiger partial charge in [-0.3, -0.25) is 0 Å². The van der Waals surface area contributed by atoms with Crippen LogP contribution in [-0.4, -0.2) is 34.5 Å². The number of likely N-dealkylation sites (N-methyl/N-ethyl adjacent to an activating group) is 1. The van der Waals surface area contributed by atoms with Crippen LogP contribution in [0.5, 0.6) is 0 Å². The number of hydrogen-bond donors (Lipinski definition) is 1. The SMILES string of the molecule is CCC1C(c2cc3c(-c4nc5cc(N)ccc5s4)ccnc3s2)CCCN1C. The van der Waals surface area contributed by atoms with Gasteiger partial charge < -0.3 is 10.6 Å². The lowest BCUT2D eigenvalue weighted by Crippen LogP contribution is -2.40. The average Bonchev–Trinajstić information content (AvgIpc) is 3.31. The van der Waals surface area contributed by atoms with Crippen LogP contribution in [-0.2, 0) is 0 Å². The molecule has 5 rings (SSSR count). The van der Waals surface area contributed by atoms with Gasteiger partial charge in [-0.2, -0.15) is 0 Å². The Morgan fingerprint density at radius 1 is 1.21 bits per heavy atom. The number of pyridine rings is 1. The topological polar surface area (TPSA) is 55.0 Å². The molecule has 4 nitrogen and oxygen atoms in total. The Morgan fingerprint density at radius 3 is 2.96 bits per heavy atom. The van der Waals surface area contributed by atoms with Crippen molar-refractivity contribution in [3.63, 3.8) is 0 Å². The molecule has 0 bridgehead atoms. The molecule has 1 aromatic carbocycles. The van der Waals surface area contributed by atoms with Gasteiger partial charge in [-0.1, -0.05) is 6.92 Å². The van der Waals surface area contributed by atoms with Crippen LogP contribution in [0.2, 0.25) is 0 Å². The number of nitrogens with two attached hydrogens (primary N) is 1. The summed E-state index contributed by atoms with van der Waals surface area (Å²) in [5.41, 5.74) is 8.85. The van der Waals surface area contributed by atoms with Crippen molar-refractivity contribution in [3.05, 3.63) is 41.4 Å². The van der Waals surface area contributed by atoms with Gasteiger partial charge in [-0.15, -0.1) is 22.7 Å². The minimum absolute atomic E-state index is 0.603. The summed E-state index contributed by atoms with van der Waals surface area (Å²) in [4.78, 5) is 14.7. The lowest BCUT2D eigenvalue weighted by molar-refractivity contribution is 0.157. The van der Waals surface area contributed by atoms with E-state index < -0.39 is 0 Å². The minimum Gasteiger partial charge on any atom is -0.399 e. The highest BCUT2D eigenvalue weighted by Crippen LogP contribution is 2.42. The first-order chi connectivity index (χ1) is 13.6. The van der Waals surface area contributed by atoms with Crippen molar-refractivity contribution in [2.45, 2.75) is 38.1 Å². The number of nitrogens with zero attached hydrogens (tertiary/aromatic N) is 3. The maximum Gasteiger partial charge on any atom is 0.125 e. The van der Waals surface area contributed by atoms with Crippen molar-refractivity contribution in [2.75, 3.05) is 19.3 Å². The highest BCUT2D eigenvalue weighted by Gasteiger charge is 2.30. The molecule has 4 aromatic rings. The second-order valence-corrected chi connectivity index (χ2v) is 9.77. The molecule has 2 unspecified atom stereocenters. The summed E-state index contributed by atoms with van der Waals surface area (Å²) in [6.07, 6.45) is 5.65. The molecule has 4 heterocycles. The second-order valence-electron chi connectivity index (χ2n) is 7.68. The number of thiophene rings is 1. The Hall–Kier alpha value is -2.02. The van der Waals surface area contributed by atoms with Crippen LogP contribution in [0.15, 0.2) is 36.5 Å². The average molecular weight is 409 g/mol. The van der Waals surface area contributed by atoms with Crippen molar-refractivity contribution in [3.8, 4) is 10.6 Å². The van der Waals surface area contributed by atoms with Crippen molar-refractivity contribution in [2.24, 2.45) is 0 Å². The quantitative estimate of drug-likeness (QED) is 0.439. The fourth-order valence-corrected chi connectivity index (χ4v) is 6.75. The van der Waals surface area contributed by atoms with Gasteiger partial charge in [-0.25, -0.2) is 9.97 Å². The van der Waals surface area contributed by atoms with Gasteiger partial charge in [0, 0.05) is 39.7 Å². The number of likely N-dealkylation sites (tertiary alicyclic amines) is 1. The maximum absolute atomic E-state index is 5.94. The normalized spacial score (nSPS) is 20.9. The monoisotopic (exact) mass is 408 g/mol. The predicted octanol–water partition coefficient (Wildman–Crippen LogP) is 5.74. The van der Waals surface area contributed by atoms with Gasteiger partial charge in [-0.05, 0) is 63.2 Å². The first-order valence-electron chi connectivity index (χ1n) is 9.89. The van der Waals surface area contributed by atoms with Crippen molar-refractivity contribution < 1.29 is 0 Å². The summed E-state index contributed by atoms with van der Waals surface area (Å²) >= 11 is 3.59. The summed E-state index contributed by atoms with van der Waals surface area (Å²) in [6.45, 7) is 3.52. The summed E-state index contributed by atoms with van der Waals surface area (Å²) in [6, 6.07) is 11.1. The highest BCUT2D eigenvalue weighted by atomic mass is 32.1. The molecule has 1 aliphatic rings. The summed E-state index contributed by atoms with van der Waals surface area (Å²) in [5, 5.41) is 2.28. The highest BCUT2D eigenvalue weighted by molar-refractivity contribution is 7.22. The third-order valence-corrected chi connectivity index (χ3v) is 8.18. The van der Waals surface area contributed by atoms with Gasteiger partial charge in [0.05, 0.1) is 10.2 Å². The molecule has 3 aromatic heterocycles. The van der Waals surface area contributed by atoms with E-state index >= 15 is 0 Å². The van der Waals surface area contributed by atoms with Gasteiger partial charge in [0.1, 0.15) is 9.84 Å². The summed E-state index contributed by atoms with van der Waals surface area (Å²) < 4.78 is 1.17. The lowest BCUT2D eigenvalue weighted by atomic mass is 9.86. The molecular formula is C22H24N4S2. The molecule has 1 saturated heterocycles. The molecule has 28 heavy (non-hydrogen) atoms. The van der Waals surface area contributed by atoms with E-state index in [1.807, 2.05) is 29.7 Å².